The lowest BCUT2D eigenvalue weighted by Gasteiger charge is -2.09. The molecule has 142 valence electrons. The Balaban J connectivity index is 1.61. The zero-order valence-corrected chi connectivity index (χ0v) is 15.7. The number of hydrogen-bond acceptors (Lipinski definition) is 5. The Bertz CT molecular complexity index is 984. The average molecular weight is 375 g/mol. The fourth-order valence-corrected chi connectivity index (χ4v) is 2.70. The number of carbonyl (C=O) groups is 2. The molecule has 0 spiro atoms. The number of anilines is 2. The van der Waals surface area contributed by atoms with Gasteiger partial charge in [0.15, 0.2) is 0 Å². The summed E-state index contributed by atoms with van der Waals surface area (Å²) in [4.78, 5) is 28.2. The van der Waals surface area contributed by atoms with Gasteiger partial charge >= 0.3 is 5.97 Å². The first-order valence-electron chi connectivity index (χ1n) is 8.80. The van der Waals surface area contributed by atoms with Crippen LogP contribution < -0.4 is 10.6 Å². The van der Waals surface area contributed by atoms with Crippen LogP contribution in [0.15, 0.2) is 66.9 Å². The molecule has 28 heavy (non-hydrogen) atoms. The standard InChI is InChI=1S/C22H21N3O3/c1-15-5-3-6-16(11-15)13-24-21(26)18-9-10-20(23-14-18)25-19-8-4-7-17(12-19)22(27)28-2/h3-12,14H,13H2,1-2H3,(H,23,25)(H,24,26). The molecule has 6 heteroatoms. The van der Waals surface area contributed by atoms with E-state index in [1.54, 1.807) is 30.3 Å². The molecule has 0 aliphatic carbocycles. The van der Waals surface area contributed by atoms with Crippen molar-refractivity contribution in [2.45, 2.75) is 13.5 Å². The first kappa shape index (κ1) is 19.1. The van der Waals surface area contributed by atoms with E-state index in [4.69, 9.17) is 4.74 Å². The molecule has 2 N–H and O–H groups in total. The van der Waals surface area contributed by atoms with Crippen molar-refractivity contribution in [2.75, 3.05) is 12.4 Å². The molecule has 0 fully saturated rings. The number of carbonyl (C=O) groups excluding carboxylic acids is 2. The van der Waals surface area contributed by atoms with Gasteiger partial charge in [0, 0.05) is 18.4 Å². The van der Waals surface area contributed by atoms with Crippen LogP contribution in [0.4, 0.5) is 11.5 Å². The first-order chi connectivity index (χ1) is 13.5. The lowest BCUT2D eigenvalue weighted by molar-refractivity contribution is 0.0600. The highest BCUT2D eigenvalue weighted by Gasteiger charge is 2.08. The molecule has 0 radical (unpaired) electrons. The summed E-state index contributed by atoms with van der Waals surface area (Å²) in [6.45, 7) is 2.47. The molecule has 0 bridgehead atoms. The quantitative estimate of drug-likeness (QED) is 0.640. The van der Waals surface area contributed by atoms with E-state index in [1.807, 2.05) is 37.3 Å². The summed E-state index contributed by atoms with van der Waals surface area (Å²) >= 11 is 0. The van der Waals surface area contributed by atoms with Gasteiger partial charge in [-0.05, 0) is 42.8 Å². The Morgan fingerprint density at radius 1 is 1.00 bits per heavy atom. The van der Waals surface area contributed by atoms with Crippen molar-refractivity contribution < 1.29 is 14.3 Å². The number of ether oxygens (including phenoxy) is 1. The third kappa shape index (κ3) is 4.94. The highest BCUT2D eigenvalue weighted by Crippen LogP contribution is 2.17. The molecule has 0 saturated heterocycles. The smallest absolute Gasteiger partial charge is 0.337 e. The number of benzene rings is 2. The summed E-state index contributed by atoms with van der Waals surface area (Å²) in [5.41, 5.74) is 3.82. The topological polar surface area (TPSA) is 80.3 Å². The van der Waals surface area contributed by atoms with Gasteiger partial charge in [0.1, 0.15) is 5.82 Å². The van der Waals surface area contributed by atoms with Crippen LogP contribution in [-0.2, 0) is 11.3 Å². The maximum Gasteiger partial charge on any atom is 0.337 e. The lowest BCUT2D eigenvalue weighted by Crippen LogP contribution is -2.22. The van der Waals surface area contributed by atoms with Gasteiger partial charge in [-0.25, -0.2) is 9.78 Å². The molecule has 1 amide bonds. The van der Waals surface area contributed by atoms with Gasteiger partial charge < -0.3 is 15.4 Å². The molecule has 2 aromatic carbocycles. The number of rotatable bonds is 6. The minimum Gasteiger partial charge on any atom is -0.465 e. The molecule has 3 aromatic rings. The zero-order chi connectivity index (χ0) is 19.9. The molecular weight excluding hydrogens is 354 g/mol. The number of amides is 1. The number of methoxy groups -OCH3 is 1. The molecule has 0 saturated carbocycles. The molecular formula is C22H21N3O3. The molecule has 0 atom stereocenters. The SMILES string of the molecule is COC(=O)c1cccc(Nc2ccc(C(=O)NCc3cccc(C)c3)cn2)c1. The molecule has 0 aliphatic heterocycles. The van der Waals surface area contributed by atoms with Gasteiger partial charge in [-0.3, -0.25) is 4.79 Å². The number of nitrogens with zero attached hydrogens (tertiary/aromatic N) is 1. The summed E-state index contributed by atoms with van der Waals surface area (Å²) in [6.07, 6.45) is 1.51. The van der Waals surface area contributed by atoms with E-state index < -0.39 is 5.97 Å². The Labute approximate surface area is 163 Å². The summed E-state index contributed by atoms with van der Waals surface area (Å²) in [5, 5.41) is 5.99. The molecule has 0 aliphatic rings. The second-order valence-corrected chi connectivity index (χ2v) is 6.30. The third-order valence-corrected chi connectivity index (χ3v) is 4.12. The van der Waals surface area contributed by atoms with E-state index in [9.17, 15) is 9.59 Å². The van der Waals surface area contributed by atoms with E-state index in [0.29, 0.717) is 29.2 Å². The second-order valence-electron chi connectivity index (χ2n) is 6.30. The zero-order valence-electron chi connectivity index (χ0n) is 15.7. The minimum absolute atomic E-state index is 0.187. The predicted molar refractivity (Wildman–Crippen MR) is 108 cm³/mol. The Morgan fingerprint density at radius 2 is 1.82 bits per heavy atom. The largest absolute Gasteiger partial charge is 0.465 e. The summed E-state index contributed by atoms with van der Waals surface area (Å²) in [7, 11) is 1.34. The summed E-state index contributed by atoms with van der Waals surface area (Å²) in [5.74, 6) is -0.0252. The molecule has 1 heterocycles. The van der Waals surface area contributed by atoms with Gasteiger partial charge in [0.2, 0.25) is 0 Å². The van der Waals surface area contributed by atoms with Crippen LogP contribution in [0.3, 0.4) is 0 Å². The van der Waals surface area contributed by atoms with Crippen molar-refractivity contribution >= 4 is 23.4 Å². The van der Waals surface area contributed by atoms with Gasteiger partial charge in [-0.15, -0.1) is 0 Å². The van der Waals surface area contributed by atoms with E-state index in [-0.39, 0.29) is 5.91 Å². The molecule has 1 aromatic heterocycles. The number of aromatic nitrogens is 1. The van der Waals surface area contributed by atoms with E-state index in [2.05, 4.69) is 15.6 Å². The van der Waals surface area contributed by atoms with Crippen LogP contribution in [0, 0.1) is 6.92 Å². The van der Waals surface area contributed by atoms with Crippen molar-refractivity contribution in [3.05, 3.63) is 89.1 Å². The van der Waals surface area contributed by atoms with Crippen LogP contribution in [-0.4, -0.2) is 24.0 Å². The molecule has 3 rings (SSSR count). The van der Waals surface area contributed by atoms with Crippen molar-refractivity contribution in [2.24, 2.45) is 0 Å². The maximum atomic E-state index is 12.3. The first-order valence-corrected chi connectivity index (χ1v) is 8.80. The second kappa shape index (κ2) is 8.81. The van der Waals surface area contributed by atoms with Gasteiger partial charge in [0.25, 0.3) is 5.91 Å². The number of pyridine rings is 1. The predicted octanol–water partition coefficient (Wildman–Crippen LogP) is 3.85. The third-order valence-electron chi connectivity index (χ3n) is 4.12. The van der Waals surface area contributed by atoms with E-state index in [0.717, 1.165) is 11.1 Å². The average Bonchev–Trinajstić information content (AvgIpc) is 2.72. The van der Waals surface area contributed by atoms with Crippen LogP contribution in [0.2, 0.25) is 0 Å². The van der Waals surface area contributed by atoms with Crippen LogP contribution in [0.5, 0.6) is 0 Å². The highest BCUT2D eigenvalue weighted by atomic mass is 16.5. The molecule has 6 nitrogen and oxygen atoms in total. The van der Waals surface area contributed by atoms with Gasteiger partial charge in [0.05, 0.1) is 18.2 Å². The Kier molecular flexibility index (Phi) is 6.01. The van der Waals surface area contributed by atoms with E-state index in [1.165, 1.54) is 13.3 Å². The minimum atomic E-state index is -0.405. The fourth-order valence-electron chi connectivity index (χ4n) is 2.70. The lowest BCUT2D eigenvalue weighted by atomic mass is 10.1. The maximum absolute atomic E-state index is 12.3. The fraction of sp³-hybridized carbons (Fsp3) is 0.136. The summed E-state index contributed by atoms with van der Waals surface area (Å²) in [6, 6.07) is 18.3. The van der Waals surface area contributed by atoms with Gasteiger partial charge in [-0.1, -0.05) is 35.9 Å². The normalized spacial score (nSPS) is 10.2. The van der Waals surface area contributed by atoms with Crippen LogP contribution in [0.25, 0.3) is 0 Å². The Hall–Kier alpha value is -3.67. The monoisotopic (exact) mass is 375 g/mol. The number of hydrogen-bond donors (Lipinski definition) is 2. The van der Waals surface area contributed by atoms with E-state index >= 15 is 0 Å². The number of nitrogens with one attached hydrogen (secondary N) is 2. The van der Waals surface area contributed by atoms with Crippen LogP contribution >= 0.6 is 0 Å². The highest BCUT2D eigenvalue weighted by molar-refractivity contribution is 5.94. The van der Waals surface area contributed by atoms with Crippen molar-refractivity contribution in [1.29, 1.82) is 0 Å². The van der Waals surface area contributed by atoms with Crippen molar-refractivity contribution in [3.8, 4) is 0 Å². The van der Waals surface area contributed by atoms with Crippen molar-refractivity contribution in [1.82, 2.24) is 10.3 Å². The summed E-state index contributed by atoms with van der Waals surface area (Å²) < 4.78 is 4.72. The van der Waals surface area contributed by atoms with Crippen LogP contribution in [0.1, 0.15) is 31.8 Å². The molecule has 0 unspecified atom stereocenters. The number of aryl methyl sites for hydroxylation is 1. The van der Waals surface area contributed by atoms with Crippen molar-refractivity contribution in [3.63, 3.8) is 0 Å². The van der Waals surface area contributed by atoms with Gasteiger partial charge in [-0.2, -0.15) is 0 Å². The Morgan fingerprint density at radius 3 is 2.54 bits per heavy atom. The number of esters is 1.